The van der Waals surface area contributed by atoms with Crippen LogP contribution in [0.15, 0.2) is 61.2 Å². The SMILES string of the molecule is C=CCOc1ccc(C2NCC3C4Cc5c6c7c8c9c5C4C4C5=c9c9c%10c%11c(c%12ccc%13c%14c(c(c89)c%13c%12%10)[C@@H]7C(C=C%14)C6)C=CC(C5%11)C4C23)cc1. The van der Waals surface area contributed by atoms with Crippen molar-refractivity contribution in [3.05, 3.63) is 116 Å². The molecule has 2 saturated carbocycles. The van der Waals surface area contributed by atoms with Gasteiger partial charge in [0.05, 0.1) is 0 Å². The zero-order valence-electron chi connectivity index (χ0n) is 28.1. The first-order valence-electron chi connectivity index (χ1n) is 19.9. The molecular formula is C49H33NO. The van der Waals surface area contributed by atoms with Gasteiger partial charge in [-0.25, -0.2) is 0 Å². The van der Waals surface area contributed by atoms with Crippen LogP contribution in [0.3, 0.4) is 0 Å². The van der Waals surface area contributed by atoms with Gasteiger partial charge >= 0.3 is 0 Å². The molecule has 2 heteroatoms. The summed E-state index contributed by atoms with van der Waals surface area (Å²) in [6.45, 7) is 5.56. The molecule has 3 fully saturated rings. The van der Waals surface area contributed by atoms with E-state index < -0.39 is 0 Å². The summed E-state index contributed by atoms with van der Waals surface area (Å²) in [6.07, 6.45) is 15.0. The molecule has 17 rings (SSSR count). The summed E-state index contributed by atoms with van der Waals surface area (Å²) < 4.78 is 5.94. The second kappa shape index (κ2) is 7.19. The average molecular weight is 652 g/mol. The van der Waals surface area contributed by atoms with Crippen molar-refractivity contribution in [3.63, 3.8) is 0 Å². The quantitative estimate of drug-likeness (QED) is 0.192. The lowest BCUT2D eigenvalue weighted by atomic mass is 9.54. The lowest BCUT2D eigenvalue weighted by molar-refractivity contribution is 0.0556. The third-order valence-corrected chi connectivity index (χ3v) is 17.4. The molecule has 51 heavy (non-hydrogen) atoms. The number of ether oxygens (including phenoxy) is 1. The maximum atomic E-state index is 5.94. The normalized spacial score (nSPS) is 36.1. The van der Waals surface area contributed by atoms with Crippen molar-refractivity contribution in [3.8, 4) is 5.75 Å². The van der Waals surface area contributed by atoms with E-state index in [0.29, 0.717) is 65.9 Å². The van der Waals surface area contributed by atoms with E-state index in [1.807, 2.05) is 22.8 Å². The van der Waals surface area contributed by atoms with Crippen molar-refractivity contribution in [2.75, 3.05) is 13.2 Å². The molecule has 0 bridgehead atoms. The average Bonchev–Trinajstić information content (AvgIpc) is 4.01. The van der Waals surface area contributed by atoms with Crippen LogP contribution in [0.1, 0.15) is 73.9 Å². The van der Waals surface area contributed by atoms with Crippen LogP contribution < -0.4 is 15.3 Å². The molecule has 0 radical (unpaired) electrons. The first-order valence-corrected chi connectivity index (χ1v) is 19.9. The monoisotopic (exact) mass is 651 g/mol. The van der Waals surface area contributed by atoms with Crippen LogP contribution in [-0.4, -0.2) is 13.2 Å². The predicted molar refractivity (Wildman–Crippen MR) is 205 cm³/mol. The van der Waals surface area contributed by atoms with Gasteiger partial charge in [0, 0.05) is 17.9 Å². The molecule has 1 N–H and O–H groups in total. The van der Waals surface area contributed by atoms with Crippen LogP contribution in [0.25, 0.3) is 71.6 Å². The molecule has 1 heterocycles. The van der Waals surface area contributed by atoms with E-state index in [2.05, 4.69) is 72.6 Å². The molecule has 7 aromatic rings. The number of rotatable bonds is 4. The van der Waals surface area contributed by atoms with Gasteiger partial charge in [0.15, 0.2) is 0 Å². The molecule has 7 aromatic carbocycles. The minimum Gasteiger partial charge on any atom is -0.490 e. The van der Waals surface area contributed by atoms with Crippen LogP contribution in [0.2, 0.25) is 0 Å². The molecule has 2 nitrogen and oxygen atoms in total. The molecule has 1 aliphatic heterocycles. The fraction of sp³-hybridized carbons (Fsp3) is 0.306. The van der Waals surface area contributed by atoms with Crippen LogP contribution >= 0.6 is 0 Å². The summed E-state index contributed by atoms with van der Waals surface area (Å²) in [5.74, 6) is 7.32. The molecule has 10 aliphatic rings. The third kappa shape index (κ3) is 2.10. The van der Waals surface area contributed by atoms with Gasteiger partial charge in [-0.1, -0.05) is 61.2 Å². The van der Waals surface area contributed by atoms with Crippen molar-refractivity contribution >= 4 is 71.6 Å². The van der Waals surface area contributed by atoms with Crippen molar-refractivity contribution in [1.29, 1.82) is 0 Å². The van der Waals surface area contributed by atoms with Gasteiger partial charge in [0.2, 0.25) is 0 Å². The molecular weight excluding hydrogens is 619 g/mol. The van der Waals surface area contributed by atoms with Gasteiger partial charge in [0.1, 0.15) is 12.4 Å². The fourth-order valence-electron chi connectivity index (χ4n) is 16.6. The van der Waals surface area contributed by atoms with Crippen LogP contribution in [0, 0.1) is 41.4 Å². The number of nitrogens with one attached hydrogen (secondary N) is 1. The van der Waals surface area contributed by atoms with Crippen molar-refractivity contribution in [2.45, 2.75) is 36.6 Å². The standard InChI is InChI=1S/C49H33NO/c1-2-13-51-19-6-3-17(4-7-19)49-39-28(16-50-49)27-15-26-25-14-18-5-8-20-21-9-10-22-23-11-12-24-34-33(23)41-32(22)31(21)40-30(20)29(18)36(25)44-45-37(26)38(27)42(35(24)39)43(34)48(45)47(41)46(40)44/h2-12,18,24,27-29,34-35,38-39,42,49-50H,1,13-16H2/t18?,24?,27?,28?,29-,34?,35?,38?,39?,42?,49?/m0/s1. The second-order valence-corrected chi connectivity index (χ2v) is 18.3. The Morgan fingerprint density at radius 3 is 2.29 bits per heavy atom. The van der Waals surface area contributed by atoms with E-state index in [4.69, 9.17) is 4.74 Å². The maximum absolute atomic E-state index is 5.94. The van der Waals surface area contributed by atoms with Crippen molar-refractivity contribution in [2.24, 2.45) is 41.4 Å². The number of fused-ring (bicyclic) bond motifs is 7. The lowest BCUT2D eigenvalue weighted by Gasteiger charge is -2.49. The first-order chi connectivity index (χ1) is 25.3. The second-order valence-electron chi connectivity index (χ2n) is 18.3. The van der Waals surface area contributed by atoms with Crippen LogP contribution in [-0.2, 0) is 12.8 Å². The zero-order valence-corrected chi connectivity index (χ0v) is 28.1. The topological polar surface area (TPSA) is 21.3 Å². The molecule has 0 amide bonds. The summed E-state index contributed by atoms with van der Waals surface area (Å²) in [7, 11) is 0. The van der Waals surface area contributed by atoms with E-state index in [-0.39, 0.29) is 0 Å². The van der Waals surface area contributed by atoms with Gasteiger partial charge in [-0.15, -0.1) is 0 Å². The van der Waals surface area contributed by atoms with E-state index in [1.54, 1.807) is 81.7 Å². The number of benzene rings is 4. The van der Waals surface area contributed by atoms with Crippen LogP contribution in [0.5, 0.6) is 5.75 Å². The Morgan fingerprint density at radius 2 is 1.45 bits per heavy atom. The van der Waals surface area contributed by atoms with Crippen molar-refractivity contribution < 1.29 is 4.74 Å². The highest BCUT2D eigenvalue weighted by atomic mass is 16.5. The minimum absolute atomic E-state index is 0.391. The summed E-state index contributed by atoms with van der Waals surface area (Å²) in [5, 5.41) is 22.6. The third-order valence-electron chi connectivity index (χ3n) is 17.4. The molecule has 240 valence electrons. The Kier molecular flexibility index (Phi) is 3.46. The van der Waals surface area contributed by atoms with Gasteiger partial charge < -0.3 is 10.1 Å². The summed E-state index contributed by atoms with van der Waals surface area (Å²) in [5.41, 5.74) is 17.3. The largest absolute Gasteiger partial charge is 0.490 e. The minimum atomic E-state index is 0.391. The van der Waals surface area contributed by atoms with Gasteiger partial charge in [-0.3, -0.25) is 0 Å². The Bertz CT molecular complexity index is 3120. The van der Waals surface area contributed by atoms with Crippen molar-refractivity contribution in [1.82, 2.24) is 5.32 Å². The van der Waals surface area contributed by atoms with E-state index in [1.165, 1.54) is 29.2 Å². The van der Waals surface area contributed by atoms with E-state index >= 15 is 0 Å². The smallest absolute Gasteiger partial charge is 0.119 e. The van der Waals surface area contributed by atoms with Gasteiger partial charge in [-0.05, 0) is 194 Å². The van der Waals surface area contributed by atoms with E-state index in [9.17, 15) is 0 Å². The first kappa shape index (κ1) is 24.5. The Morgan fingerprint density at radius 1 is 0.686 bits per heavy atom. The molecule has 0 aromatic heterocycles. The lowest BCUT2D eigenvalue weighted by Crippen LogP contribution is -2.45. The molecule has 0 spiro atoms. The Hall–Kier alpha value is -4.66. The van der Waals surface area contributed by atoms with Crippen LogP contribution in [0.4, 0.5) is 0 Å². The molecule has 1 saturated heterocycles. The summed E-state index contributed by atoms with van der Waals surface area (Å²) in [6, 6.07) is 14.6. The predicted octanol–water partition coefficient (Wildman–Crippen LogP) is 9.25. The fourth-order valence-corrected chi connectivity index (χ4v) is 16.6. The zero-order chi connectivity index (χ0) is 32.1. The van der Waals surface area contributed by atoms with Gasteiger partial charge in [-0.2, -0.15) is 0 Å². The highest BCUT2D eigenvalue weighted by Crippen LogP contribution is 2.76. The number of allylic oxidation sites excluding steroid dienone is 2. The van der Waals surface area contributed by atoms with Gasteiger partial charge in [0.25, 0.3) is 0 Å². The highest BCUT2D eigenvalue weighted by molar-refractivity contribution is 6.45. The van der Waals surface area contributed by atoms with E-state index in [0.717, 1.165) is 18.2 Å². The number of hydrogen-bond donors (Lipinski definition) is 1. The summed E-state index contributed by atoms with van der Waals surface area (Å²) >= 11 is 0. The Labute approximate surface area is 294 Å². The maximum Gasteiger partial charge on any atom is 0.119 e. The molecule has 10 unspecified atom stereocenters. The number of hydrogen-bond acceptors (Lipinski definition) is 2. The highest BCUT2D eigenvalue weighted by Gasteiger charge is 2.67. The molecule has 11 atom stereocenters. The summed E-state index contributed by atoms with van der Waals surface area (Å²) in [4.78, 5) is 0. The Balaban J connectivity index is 1.05. The molecule has 9 aliphatic carbocycles.